The number of amides is 2. The van der Waals surface area contributed by atoms with Crippen molar-refractivity contribution in [3.63, 3.8) is 0 Å². The molecule has 2 N–H and O–H groups in total. The molecule has 0 bridgehead atoms. The van der Waals surface area contributed by atoms with E-state index in [0.717, 1.165) is 76.5 Å². The van der Waals surface area contributed by atoms with Crippen LogP contribution in [0.5, 0.6) is 0 Å². The second-order valence-electron chi connectivity index (χ2n) is 14.8. The van der Waals surface area contributed by atoms with Crippen LogP contribution in [-0.2, 0) is 9.47 Å². The van der Waals surface area contributed by atoms with E-state index in [1.54, 1.807) is 0 Å². The number of alkyl carbamates (subject to hydrolysis) is 2. The lowest BCUT2D eigenvalue weighted by Gasteiger charge is -2.34. The van der Waals surface area contributed by atoms with Gasteiger partial charge in [-0.2, -0.15) is 23.5 Å². The van der Waals surface area contributed by atoms with E-state index in [1.807, 2.05) is 23.5 Å². The maximum atomic E-state index is 12.0. The molecule has 0 radical (unpaired) electrons. The third-order valence-corrected chi connectivity index (χ3v) is 12.2. The Labute approximate surface area is 330 Å². The summed E-state index contributed by atoms with van der Waals surface area (Å²) in [7, 11) is 0. The highest BCUT2D eigenvalue weighted by molar-refractivity contribution is 7.99. The first-order valence-electron chi connectivity index (χ1n) is 22.1. The Morgan fingerprint density at radius 1 is 0.442 bits per heavy atom. The van der Waals surface area contributed by atoms with Crippen molar-refractivity contribution in [2.24, 2.45) is 0 Å². The fourth-order valence-corrected chi connectivity index (χ4v) is 8.43. The number of unbranched alkanes of at least 4 members (excludes halogenated alkanes) is 18. The minimum Gasteiger partial charge on any atom is -0.450 e. The molecule has 0 aromatic rings. The van der Waals surface area contributed by atoms with Gasteiger partial charge in [0.2, 0.25) is 0 Å². The van der Waals surface area contributed by atoms with Crippen LogP contribution >= 0.6 is 23.5 Å². The lowest BCUT2D eigenvalue weighted by molar-refractivity contribution is 0.126. The van der Waals surface area contributed by atoms with Gasteiger partial charge in [-0.05, 0) is 74.6 Å². The number of piperazine rings is 1. The summed E-state index contributed by atoms with van der Waals surface area (Å²) in [5.74, 6) is 4.59. The zero-order valence-corrected chi connectivity index (χ0v) is 35.8. The number of hydrogen-bond acceptors (Lipinski definition) is 8. The fraction of sp³-hybridized carbons (Fsp3) is 0.952. The Hall–Kier alpha value is -0.840. The predicted octanol–water partition coefficient (Wildman–Crippen LogP) is 10.9. The molecule has 0 saturated carbocycles. The fourth-order valence-electron chi connectivity index (χ4n) is 6.56. The first-order chi connectivity index (χ1) is 25.7. The molecule has 0 unspecified atom stereocenters. The van der Waals surface area contributed by atoms with Crippen LogP contribution in [0, 0.1) is 0 Å². The third kappa shape index (κ3) is 34.9. The molecule has 0 aliphatic carbocycles. The molecule has 0 aromatic carbocycles. The van der Waals surface area contributed by atoms with Crippen molar-refractivity contribution in [3.8, 4) is 0 Å². The van der Waals surface area contributed by atoms with Crippen LogP contribution in [0.4, 0.5) is 9.59 Å². The van der Waals surface area contributed by atoms with Crippen molar-refractivity contribution in [2.45, 2.75) is 168 Å². The predicted molar refractivity (Wildman–Crippen MR) is 228 cm³/mol. The van der Waals surface area contributed by atoms with Crippen LogP contribution in [-0.4, -0.2) is 111 Å². The number of carbonyl (C=O) groups excluding carboxylic acids is 2. The number of hydrogen-bond donors (Lipinski definition) is 2. The summed E-state index contributed by atoms with van der Waals surface area (Å²) >= 11 is 3.98. The van der Waals surface area contributed by atoms with Gasteiger partial charge in [0.25, 0.3) is 0 Å². The molecule has 1 aliphatic rings. The third-order valence-electron chi connectivity index (χ3n) is 9.92. The van der Waals surface area contributed by atoms with E-state index in [2.05, 4.69) is 34.3 Å². The average Bonchev–Trinajstić information content (AvgIpc) is 3.15. The van der Waals surface area contributed by atoms with Crippen molar-refractivity contribution in [1.82, 2.24) is 20.4 Å². The van der Waals surface area contributed by atoms with Gasteiger partial charge in [-0.15, -0.1) is 0 Å². The van der Waals surface area contributed by atoms with Crippen LogP contribution in [0.25, 0.3) is 0 Å². The highest BCUT2D eigenvalue weighted by Gasteiger charge is 2.16. The quantitative estimate of drug-likeness (QED) is 0.0601. The van der Waals surface area contributed by atoms with Crippen LogP contribution < -0.4 is 10.6 Å². The number of nitrogens with one attached hydrogen (secondary N) is 2. The maximum Gasteiger partial charge on any atom is 0.407 e. The van der Waals surface area contributed by atoms with Gasteiger partial charge in [0.05, 0.1) is 13.2 Å². The minimum atomic E-state index is -0.282. The molecule has 308 valence electrons. The summed E-state index contributed by atoms with van der Waals surface area (Å²) in [4.78, 5) is 29.0. The number of nitrogens with zero attached hydrogens (tertiary/aromatic N) is 2. The summed E-state index contributed by atoms with van der Waals surface area (Å²) in [5, 5.41) is 5.82. The molecule has 1 rings (SSSR count). The molecule has 0 atom stereocenters. The topological polar surface area (TPSA) is 83.1 Å². The number of thioether (sulfide) groups is 2. The van der Waals surface area contributed by atoms with Crippen LogP contribution in [0.2, 0.25) is 0 Å². The molecule has 8 nitrogen and oxygen atoms in total. The van der Waals surface area contributed by atoms with E-state index in [1.165, 1.54) is 140 Å². The molecule has 1 aliphatic heterocycles. The standard InChI is InChI=1S/C42H84N4O4S2/c1-3-5-7-9-11-13-15-17-19-21-37-51-39-25-35-49-41(47)43-27-23-29-45-31-33-46(34-32-45)30-24-28-44-42(48)50-36-26-40-52-38-22-20-18-16-14-12-10-8-6-4-2/h3-40H2,1-2H3,(H,43,47)(H,44,48). The van der Waals surface area contributed by atoms with Gasteiger partial charge in [-0.1, -0.05) is 129 Å². The Morgan fingerprint density at radius 3 is 1.10 bits per heavy atom. The monoisotopic (exact) mass is 773 g/mol. The zero-order valence-electron chi connectivity index (χ0n) is 34.2. The molecule has 1 heterocycles. The second kappa shape index (κ2) is 39.8. The molecule has 0 aromatic heterocycles. The van der Waals surface area contributed by atoms with Crippen molar-refractivity contribution in [3.05, 3.63) is 0 Å². The minimum absolute atomic E-state index is 0.282. The van der Waals surface area contributed by atoms with E-state index in [0.29, 0.717) is 26.3 Å². The van der Waals surface area contributed by atoms with Crippen LogP contribution in [0.3, 0.4) is 0 Å². The number of ether oxygens (including phenoxy) is 2. The highest BCUT2D eigenvalue weighted by Crippen LogP contribution is 2.14. The first-order valence-corrected chi connectivity index (χ1v) is 24.4. The summed E-state index contributed by atoms with van der Waals surface area (Å²) in [6, 6.07) is 0. The zero-order chi connectivity index (χ0) is 37.4. The van der Waals surface area contributed by atoms with Crippen LogP contribution in [0.1, 0.15) is 168 Å². The summed E-state index contributed by atoms with van der Waals surface area (Å²) < 4.78 is 10.7. The Morgan fingerprint density at radius 2 is 0.750 bits per heavy atom. The normalized spacial score (nSPS) is 13.7. The van der Waals surface area contributed by atoms with Gasteiger partial charge in [-0.3, -0.25) is 0 Å². The number of carbonyl (C=O) groups is 2. The lowest BCUT2D eigenvalue weighted by Crippen LogP contribution is -2.47. The van der Waals surface area contributed by atoms with Gasteiger partial charge < -0.3 is 29.9 Å². The van der Waals surface area contributed by atoms with Gasteiger partial charge in [0, 0.05) is 39.3 Å². The largest absolute Gasteiger partial charge is 0.450 e. The molecular formula is C42H84N4O4S2. The van der Waals surface area contributed by atoms with E-state index < -0.39 is 0 Å². The maximum absolute atomic E-state index is 12.0. The Kier molecular flexibility index (Phi) is 37.7. The van der Waals surface area contributed by atoms with Crippen molar-refractivity contribution >= 4 is 35.7 Å². The smallest absolute Gasteiger partial charge is 0.407 e. The Bertz CT molecular complexity index is 712. The lowest BCUT2D eigenvalue weighted by atomic mass is 10.1. The first kappa shape index (κ1) is 49.2. The van der Waals surface area contributed by atoms with Crippen molar-refractivity contribution in [2.75, 3.05) is 88.6 Å². The second-order valence-corrected chi connectivity index (χ2v) is 17.3. The summed E-state index contributed by atoms with van der Waals surface area (Å²) in [5.41, 5.74) is 0. The van der Waals surface area contributed by atoms with Crippen molar-refractivity contribution < 1.29 is 19.1 Å². The number of rotatable bonds is 38. The van der Waals surface area contributed by atoms with E-state index >= 15 is 0 Å². The molecule has 2 amide bonds. The molecular weight excluding hydrogens is 689 g/mol. The summed E-state index contributed by atoms with van der Waals surface area (Å²) in [6.45, 7) is 13.1. The average molecular weight is 773 g/mol. The van der Waals surface area contributed by atoms with Crippen molar-refractivity contribution in [1.29, 1.82) is 0 Å². The SMILES string of the molecule is CCCCCCCCCCCCSCCCOC(=O)NCCCN1CCN(CCCNC(=O)OCCCSCCCCCCCCCCCC)CC1. The highest BCUT2D eigenvalue weighted by atomic mass is 32.2. The van der Waals surface area contributed by atoms with Gasteiger partial charge >= 0.3 is 12.2 Å². The van der Waals surface area contributed by atoms with Gasteiger partial charge in [-0.25, -0.2) is 9.59 Å². The van der Waals surface area contributed by atoms with Crippen LogP contribution in [0.15, 0.2) is 0 Å². The van der Waals surface area contributed by atoms with E-state index in [9.17, 15) is 9.59 Å². The van der Waals surface area contributed by atoms with E-state index in [-0.39, 0.29) is 12.2 Å². The Balaban J connectivity index is 1.80. The molecule has 1 fully saturated rings. The molecule has 52 heavy (non-hydrogen) atoms. The van der Waals surface area contributed by atoms with Gasteiger partial charge in [0.15, 0.2) is 0 Å². The summed E-state index contributed by atoms with van der Waals surface area (Å²) in [6.07, 6.45) is 30.8. The van der Waals surface area contributed by atoms with Gasteiger partial charge in [0.1, 0.15) is 0 Å². The molecule has 1 saturated heterocycles. The van der Waals surface area contributed by atoms with E-state index in [4.69, 9.17) is 9.47 Å². The molecule has 0 spiro atoms. The molecule has 10 heteroatoms.